The average molecular weight is 362 g/mol. The summed E-state index contributed by atoms with van der Waals surface area (Å²) in [4.78, 5) is 26.3. The monoisotopic (exact) mass is 362 g/mol. The molecule has 0 saturated carbocycles. The van der Waals surface area contributed by atoms with E-state index in [0.29, 0.717) is 23.5 Å². The number of nitrogen functional groups attached to an aromatic ring is 1. The lowest BCUT2D eigenvalue weighted by Gasteiger charge is -2.24. The van der Waals surface area contributed by atoms with Crippen molar-refractivity contribution in [2.45, 2.75) is 39.5 Å². The van der Waals surface area contributed by atoms with E-state index in [-0.39, 0.29) is 25.7 Å². The van der Waals surface area contributed by atoms with Crippen LogP contribution in [-0.4, -0.2) is 38.2 Å². The topological polar surface area (TPSA) is 81.9 Å². The summed E-state index contributed by atoms with van der Waals surface area (Å²) in [5, 5.41) is 0. The number of nitrogens with two attached hydrogens (primary N) is 1. The number of benzene rings is 1. The van der Waals surface area contributed by atoms with Crippen molar-refractivity contribution in [3.05, 3.63) is 36.4 Å². The van der Waals surface area contributed by atoms with Crippen LogP contribution in [0.2, 0.25) is 0 Å². The highest BCUT2D eigenvalue weighted by Gasteiger charge is 2.22. The number of rotatable bonds is 12. The Morgan fingerprint density at radius 2 is 2.00 bits per heavy atom. The predicted molar refractivity (Wildman–Crippen MR) is 104 cm³/mol. The number of amides is 1. The van der Waals surface area contributed by atoms with E-state index < -0.39 is 5.97 Å². The summed E-state index contributed by atoms with van der Waals surface area (Å²) in [6.45, 7) is 8.53. The van der Waals surface area contributed by atoms with Crippen LogP contribution in [0, 0.1) is 0 Å². The first-order valence-corrected chi connectivity index (χ1v) is 9.10. The maximum Gasteiger partial charge on any atom is 0.340 e. The summed E-state index contributed by atoms with van der Waals surface area (Å²) in [7, 11) is 0. The molecule has 1 aromatic rings. The van der Waals surface area contributed by atoms with E-state index in [9.17, 15) is 9.59 Å². The van der Waals surface area contributed by atoms with E-state index in [0.717, 1.165) is 25.7 Å². The second-order valence-corrected chi connectivity index (χ2v) is 5.90. The molecule has 0 spiro atoms. The summed E-state index contributed by atoms with van der Waals surface area (Å²) in [6, 6.07) is 4.77. The van der Waals surface area contributed by atoms with Gasteiger partial charge in [0.2, 0.25) is 0 Å². The molecular formula is C20H30N2O4. The molecule has 0 atom stereocenters. The zero-order valence-electron chi connectivity index (χ0n) is 15.8. The number of carbonyl (C=O) groups is 2. The van der Waals surface area contributed by atoms with Crippen molar-refractivity contribution < 1.29 is 19.1 Å². The molecule has 6 nitrogen and oxygen atoms in total. The van der Waals surface area contributed by atoms with Crippen LogP contribution >= 0.6 is 0 Å². The van der Waals surface area contributed by atoms with Crippen molar-refractivity contribution in [2.75, 3.05) is 37.0 Å². The highest BCUT2D eigenvalue weighted by molar-refractivity contribution is 6.03. The van der Waals surface area contributed by atoms with E-state index in [1.165, 1.54) is 4.90 Å². The third-order valence-corrected chi connectivity index (χ3v) is 3.79. The molecule has 0 unspecified atom stereocenters. The van der Waals surface area contributed by atoms with Crippen molar-refractivity contribution in [1.82, 2.24) is 0 Å². The van der Waals surface area contributed by atoms with E-state index in [1.807, 2.05) is 0 Å². The van der Waals surface area contributed by atoms with Gasteiger partial charge in [-0.1, -0.05) is 32.3 Å². The SMILES string of the molecule is C=CCN(C(=O)COCCCCCC)c1cc(N)ccc1C(=O)OCC. The van der Waals surface area contributed by atoms with Gasteiger partial charge in [-0.05, 0) is 31.5 Å². The molecule has 0 aliphatic rings. The zero-order chi connectivity index (χ0) is 19.4. The Morgan fingerprint density at radius 1 is 1.23 bits per heavy atom. The number of unbranched alkanes of at least 4 members (excludes halogenated alkanes) is 3. The lowest BCUT2D eigenvalue weighted by Crippen LogP contribution is -2.35. The molecule has 1 amide bonds. The van der Waals surface area contributed by atoms with Crippen molar-refractivity contribution in [2.24, 2.45) is 0 Å². The van der Waals surface area contributed by atoms with Gasteiger partial charge in [-0.25, -0.2) is 4.79 Å². The van der Waals surface area contributed by atoms with Crippen LogP contribution in [0.25, 0.3) is 0 Å². The highest BCUT2D eigenvalue weighted by Crippen LogP contribution is 2.25. The van der Waals surface area contributed by atoms with Gasteiger partial charge < -0.3 is 20.1 Å². The predicted octanol–water partition coefficient (Wildman–Crippen LogP) is 3.56. The maximum absolute atomic E-state index is 12.6. The molecule has 0 aromatic heterocycles. The Kier molecular flexibility index (Phi) is 10.1. The Bertz CT molecular complexity index is 601. The molecule has 0 heterocycles. The van der Waals surface area contributed by atoms with Crippen molar-refractivity contribution in [3.63, 3.8) is 0 Å². The number of hydrogen-bond acceptors (Lipinski definition) is 5. The van der Waals surface area contributed by atoms with Crippen LogP contribution in [0.15, 0.2) is 30.9 Å². The van der Waals surface area contributed by atoms with Crippen molar-refractivity contribution in [1.29, 1.82) is 0 Å². The number of carbonyl (C=O) groups excluding carboxylic acids is 2. The van der Waals surface area contributed by atoms with Gasteiger partial charge >= 0.3 is 5.97 Å². The molecule has 0 fully saturated rings. The van der Waals surface area contributed by atoms with Gasteiger partial charge in [0.15, 0.2) is 0 Å². The molecule has 0 radical (unpaired) electrons. The van der Waals surface area contributed by atoms with E-state index >= 15 is 0 Å². The second kappa shape index (κ2) is 12.1. The van der Waals surface area contributed by atoms with Gasteiger partial charge in [-0.2, -0.15) is 0 Å². The number of anilines is 2. The van der Waals surface area contributed by atoms with Crippen LogP contribution in [0.4, 0.5) is 11.4 Å². The first-order valence-electron chi connectivity index (χ1n) is 9.10. The Hall–Kier alpha value is -2.34. The lowest BCUT2D eigenvalue weighted by molar-refractivity contribution is -0.123. The molecule has 0 saturated heterocycles. The minimum absolute atomic E-state index is 0.0585. The lowest BCUT2D eigenvalue weighted by atomic mass is 10.1. The van der Waals surface area contributed by atoms with Gasteiger partial charge in [0.1, 0.15) is 6.61 Å². The molecule has 0 aliphatic heterocycles. The number of ether oxygens (including phenoxy) is 2. The van der Waals surface area contributed by atoms with Crippen LogP contribution < -0.4 is 10.6 Å². The fourth-order valence-electron chi connectivity index (χ4n) is 2.49. The maximum atomic E-state index is 12.6. The van der Waals surface area contributed by atoms with E-state index in [4.69, 9.17) is 15.2 Å². The molecule has 26 heavy (non-hydrogen) atoms. The number of hydrogen-bond donors (Lipinski definition) is 1. The molecule has 1 rings (SSSR count). The molecule has 1 aromatic carbocycles. The standard InChI is InChI=1S/C20H30N2O4/c1-4-7-8-9-13-25-15-19(23)22(12-5-2)18-14-16(21)10-11-17(18)20(24)26-6-3/h5,10-11,14H,2,4,6-9,12-13,15,21H2,1,3H3. The van der Waals surface area contributed by atoms with E-state index in [2.05, 4.69) is 13.5 Å². The first kappa shape index (κ1) is 21.7. The molecule has 6 heteroatoms. The molecule has 2 N–H and O–H groups in total. The van der Waals surface area contributed by atoms with Crippen LogP contribution in [0.1, 0.15) is 49.9 Å². The van der Waals surface area contributed by atoms with Crippen molar-refractivity contribution in [3.8, 4) is 0 Å². The Morgan fingerprint density at radius 3 is 2.65 bits per heavy atom. The number of esters is 1. The summed E-state index contributed by atoms with van der Waals surface area (Å²) in [6.07, 6.45) is 5.92. The minimum Gasteiger partial charge on any atom is -0.462 e. The van der Waals surface area contributed by atoms with Crippen molar-refractivity contribution >= 4 is 23.3 Å². The summed E-state index contributed by atoms with van der Waals surface area (Å²) in [5.74, 6) is -0.749. The molecular weight excluding hydrogens is 332 g/mol. The second-order valence-electron chi connectivity index (χ2n) is 5.90. The quantitative estimate of drug-likeness (QED) is 0.266. The van der Waals surface area contributed by atoms with Crippen LogP contribution in [0.5, 0.6) is 0 Å². The number of nitrogens with zero attached hydrogens (tertiary/aromatic N) is 1. The molecule has 144 valence electrons. The largest absolute Gasteiger partial charge is 0.462 e. The molecule has 0 bridgehead atoms. The minimum atomic E-state index is -0.496. The Balaban J connectivity index is 2.87. The van der Waals surface area contributed by atoms with Gasteiger partial charge in [0.25, 0.3) is 5.91 Å². The smallest absolute Gasteiger partial charge is 0.340 e. The summed E-state index contributed by atoms with van der Waals surface area (Å²) in [5.41, 5.74) is 7.01. The third-order valence-electron chi connectivity index (χ3n) is 3.79. The van der Waals surface area contributed by atoms with E-state index in [1.54, 1.807) is 31.2 Å². The first-order chi connectivity index (χ1) is 12.5. The summed E-state index contributed by atoms with van der Waals surface area (Å²) < 4.78 is 10.6. The van der Waals surface area contributed by atoms with Crippen LogP contribution in [-0.2, 0) is 14.3 Å². The fraction of sp³-hybridized carbons (Fsp3) is 0.500. The van der Waals surface area contributed by atoms with Gasteiger partial charge in [0, 0.05) is 18.8 Å². The van der Waals surface area contributed by atoms with Gasteiger partial charge in [0.05, 0.1) is 17.9 Å². The van der Waals surface area contributed by atoms with Gasteiger partial charge in [-0.15, -0.1) is 6.58 Å². The van der Waals surface area contributed by atoms with Gasteiger partial charge in [-0.3, -0.25) is 4.79 Å². The zero-order valence-corrected chi connectivity index (χ0v) is 15.8. The summed E-state index contributed by atoms with van der Waals surface area (Å²) >= 11 is 0. The average Bonchev–Trinajstić information content (AvgIpc) is 2.62. The fourth-order valence-corrected chi connectivity index (χ4v) is 2.49. The third kappa shape index (κ3) is 6.88. The normalized spacial score (nSPS) is 10.4. The Labute approximate surface area is 156 Å². The highest BCUT2D eigenvalue weighted by atomic mass is 16.5. The van der Waals surface area contributed by atoms with Crippen LogP contribution in [0.3, 0.4) is 0 Å². The molecule has 0 aliphatic carbocycles.